The predicted molar refractivity (Wildman–Crippen MR) is 82.1 cm³/mol. The lowest BCUT2D eigenvalue weighted by molar-refractivity contribution is 0.0953. The van der Waals surface area contributed by atoms with Gasteiger partial charge in [-0.3, -0.25) is 4.79 Å². The normalized spacial score (nSPS) is 10.3. The van der Waals surface area contributed by atoms with Gasteiger partial charge >= 0.3 is 0 Å². The number of rotatable bonds is 10. The minimum Gasteiger partial charge on any atom is -0.494 e. The largest absolute Gasteiger partial charge is 0.494 e. The number of carbonyl (C=O) groups is 1. The molecular weight excluding hydrogens is 252 g/mol. The molecule has 0 saturated heterocycles. The fourth-order valence-corrected chi connectivity index (χ4v) is 1.79. The summed E-state index contributed by atoms with van der Waals surface area (Å²) in [6.07, 6.45) is 5.21. The van der Waals surface area contributed by atoms with Crippen LogP contribution in [0.3, 0.4) is 0 Å². The molecule has 0 spiro atoms. The molecule has 0 atom stereocenters. The molecule has 1 aromatic carbocycles. The van der Waals surface area contributed by atoms with E-state index in [4.69, 9.17) is 10.5 Å². The second kappa shape index (κ2) is 10.3. The van der Waals surface area contributed by atoms with Crippen molar-refractivity contribution < 1.29 is 9.53 Å². The Morgan fingerprint density at radius 2 is 1.90 bits per heavy atom. The van der Waals surface area contributed by atoms with E-state index in [1.165, 1.54) is 0 Å². The van der Waals surface area contributed by atoms with Crippen LogP contribution < -0.4 is 15.8 Å². The first-order chi connectivity index (χ1) is 9.77. The molecule has 4 nitrogen and oxygen atoms in total. The molecule has 4 heteroatoms. The molecule has 0 bridgehead atoms. The molecule has 0 saturated carbocycles. The maximum Gasteiger partial charge on any atom is 0.251 e. The highest BCUT2D eigenvalue weighted by Gasteiger charge is 2.04. The van der Waals surface area contributed by atoms with Crippen LogP contribution in [0.1, 0.15) is 49.4 Å². The zero-order chi connectivity index (χ0) is 14.6. The van der Waals surface area contributed by atoms with E-state index in [1.807, 2.05) is 12.1 Å². The van der Waals surface area contributed by atoms with Gasteiger partial charge in [0.05, 0.1) is 6.61 Å². The Morgan fingerprint density at radius 1 is 1.15 bits per heavy atom. The Balaban J connectivity index is 2.30. The van der Waals surface area contributed by atoms with Crippen molar-refractivity contribution in [2.75, 3.05) is 19.7 Å². The number of nitrogens with two attached hydrogens (primary N) is 1. The summed E-state index contributed by atoms with van der Waals surface area (Å²) < 4.78 is 5.56. The Morgan fingerprint density at radius 3 is 2.55 bits per heavy atom. The van der Waals surface area contributed by atoms with E-state index >= 15 is 0 Å². The maximum atomic E-state index is 11.9. The maximum absolute atomic E-state index is 11.9. The molecule has 0 aromatic heterocycles. The third-order valence-electron chi connectivity index (χ3n) is 3.05. The number of carbonyl (C=O) groups excluding carboxylic acids is 1. The van der Waals surface area contributed by atoms with Crippen molar-refractivity contribution >= 4 is 5.91 Å². The monoisotopic (exact) mass is 278 g/mol. The van der Waals surface area contributed by atoms with Gasteiger partial charge in [0.25, 0.3) is 5.91 Å². The van der Waals surface area contributed by atoms with Crippen molar-refractivity contribution in [3.05, 3.63) is 29.8 Å². The SMILES string of the molecule is CCCCOc1ccc(C(=O)NCCCCCN)cc1. The Bertz CT molecular complexity index is 377. The van der Waals surface area contributed by atoms with Gasteiger partial charge in [-0.2, -0.15) is 0 Å². The third kappa shape index (κ3) is 6.57. The van der Waals surface area contributed by atoms with Crippen LogP contribution in [-0.4, -0.2) is 25.6 Å². The Hall–Kier alpha value is -1.55. The summed E-state index contributed by atoms with van der Waals surface area (Å²) in [5.74, 6) is 0.788. The molecule has 1 aromatic rings. The first-order valence-electron chi connectivity index (χ1n) is 7.49. The van der Waals surface area contributed by atoms with Crippen molar-refractivity contribution in [2.45, 2.75) is 39.0 Å². The number of hydrogen-bond acceptors (Lipinski definition) is 3. The lowest BCUT2D eigenvalue weighted by atomic mass is 10.2. The minimum atomic E-state index is -0.0298. The summed E-state index contributed by atoms with van der Waals surface area (Å²) in [5, 5.41) is 2.91. The second-order valence-electron chi connectivity index (χ2n) is 4.83. The molecule has 1 amide bonds. The molecule has 0 unspecified atom stereocenters. The van der Waals surface area contributed by atoms with Gasteiger partial charge in [-0.25, -0.2) is 0 Å². The van der Waals surface area contributed by atoms with E-state index in [1.54, 1.807) is 12.1 Å². The van der Waals surface area contributed by atoms with Crippen molar-refractivity contribution in [3.63, 3.8) is 0 Å². The molecular formula is C16H26N2O2. The molecule has 112 valence electrons. The van der Waals surface area contributed by atoms with Crippen molar-refractivity contribution in [1.82, 2.24) is 5.32 Å². The zero-order valence-electron chi connectivity index (χ0n) is 12.4. The van der Waals surface area contributed by atoms with Crippen LogP contribution >= 0.6 is 0 Å². The summed E-state index contributed by atoms with van der Waals surface area (Å²) in [7, 11) is 0. The Kier molecular flexibility index (Phi) is 8.47. The fourth-order valence-electron chi connectivity index (χ4n) is 1.79. The van der Waals surface area contributed by atoms with Gasteiger partial charge in [0.2, 0.25) is 0 Å². The smallest absolute Gasteiger partial charge is 0.251 e. The lowest BCUT2D eigenvalue weighted by Crippen LogP contribution is -2.24. The molecule has 0 aliphatic rings. The van der Waals surface area contributed by atoms with Crippen LogP contribution in [0.25, 0.3) is 0 Å². The van der Waals surface area contributed by atoms with E-state index < -0.39 is 0 Å². The zero-order valence-corrected chi connectivity index (χ0v) is 12.4. The summed E-state index contributed by atoms with van der Waals surface area (Å²) in [6, 6.07) is 7.30. The van der Waals surface area contributed by atoms with E-state index in [9.17, 15) is 4.79 Å². The highest BCUT2D eigenvalue weighted by molar-refractivity contribution is 5.94. The van der Waals surface area contributed by atoms with E-state index in [2.05, 4.69) is 12.2 Å². The number of hydrogen-bond donors (Lipinski definition) is 2. The van der Waals surface area contributed by atoms with Crippen LogP contribution in [0.2, 0.25) is 0 Å². The summed E-state index contributed by atoms with van der Waals surface area (Å²) in [6.45, 7) is 4.27. The van der Waals surface area contributed by atoms with E-state index in [0.717, 1.165) is 44.5 Å². The fraction of sp³-hybridized carbons (Fsp3) is 0.562. The first kappa shape index (κ1) is 16.5. The van der Waals surface area contributed by atoms with E-state index in [0.29, 0.717) is 18.7 Å². The van der Waals surface area contributed by atoms with Crippen LogP contribution in [-0.2, 0) is 0 Å². The Labute approximate surface area is 121 Å². The van der Waals surface area contributed by atoms with Gasteiger partial charge in [-0.1, -0.05) is 19.8 Å². The number of amides is 1. The van der Waals surface area contributed by atoms with Crippen molar-refractivity contribution in [3.8, 4) is 5.75 Å². The number of benzene rings is 1. The highest BCUT2D eigenvalue weighted by atomic mass is 16.5. The molecule has 20 heavy (non-hydrogen) atoms. The van der Waals surface area contributed by atoms with Crippen molar-refractivity contribution in [2.24, 2.45) is 5.73 Å². The third-order valence-corrected chi connectivity index (χ3v) is 3.05. The van der Waals surface area contributed by atoms with E-state index in [-0.39, 0.29) is 5.91 Å². The van der Waals surface area contributed by atoms with Crippen LogP contribution in [0.4, 0.5) is 0 Å². The average Bonchev–Trinajstić information content (AvgIpc) is 2.48. The van der Waals surface area contributed by atoms with Gasteiger partial charge in [0.1, 0.15) is 5.75 Å². The molecule has 1 rings (SSSR count). The number of ether oxygens (including phenoxy) is 1. The summed E-state index contributed by atoms with van der Waals surface area (Å²) >= 11 is 0. The molecule has 0 fully saturated rings. The molecule has 3 N–H and O–H groups in total. The van der Waals surface area contributed by atoms with Crippen molar-refractivity contribution in [1.29, 1.82) is 0 Å². The van der Waals surface area contributed by atoms with Gasteiger partial charge in [-0.05, 0) is 50.1 Å². The quantitative estimate of drug-likeness (QED) is 0.647. The second-order valence-corrected chi connectivity index (χ2v) is 4.83. The van der Waals surface area contributed by atoms with Gasteiger partial charge < -0.3 is 15.8 Å². The van der Waals surface area contributed by atoms with Crippen LogP contribution in [0.5, 0.6) is 5.75 Å². The average molecular weight is 278 g/mol. The van der Waals surface area contributed by atoms with Gasteiger partial charge in [-0.15, -0.1) is 0 Å². The molecule has 0 radical (unpaired) electrons. The lowest BCUT2D eigenvalue weighted by Gasteiger charge is -2.07. The van der Waals surface area contributed by atoms with Crippen LogP contribution in [0.15, 0.2) is 24.3 Å². The number of nitrogens with one attached hydrogen (secondary N) is 1. The molecule has 0 aliphatic heterocycles. The predicted octanol–water partition coefficient (Wildman–Crippen LogP) is 2.72. The topological polar surface area (TPSA) is 64.3 Å². The molecule has 0 aliphatic carbocycles. The minimum absolute atomic E-state index is 0.0298. The number of unbranched alkanes of at least 4 members (excludes halogenated alkanes) is 3. The summed E-state index contributed by atoms with van der Waals surface area (Å²) in [5.41, 5.74) is 6.09. The van der Waals surface area contributed by atoms with Gasteiger partial charge in [0.15, 0.2) is 0 Å². The molecule has 0 heterocycles. The van der Waals surface area contributed by atoms with Crippen LogP contribution in [0, 0.1) is 0 Å². The highest BCUT2D eigenvalue weighted by Crippen LogP contribution is 2.12. The van der Waals surface area contributed by atoms with Gasteiger partial charge in [0, 0.05) is 12.1 Å². The summed E-state index contributed by atoms with van der Waals surface area (Å²) in [4.78, 5) is 11.9. The standard InChI is InChI=1S/C16H26N2O2/c1-2-3-13-20-15-9-7-14(8-10-15)16(19)18-12-6-4-5-11-17/h7-10H,2-6,11-13,17H2,1H3,(H,18,19). The first-order valence-corrected chi connectivity index (χ1v) is 7.49.